The molecule has 1 rings (SSSR count). The van der Waals surface area contributed by atoms with Crippen molar-refractivity contribution in [2.24, 2.45) is 11.7 Å². The van der Waals surface area contributed by atoms with E-state index < -0.39 is 11.9 Å². The molecule has 0 amide bonds. The molecule has 15 heavy (non-hydrogen) atoms. The molecular formula is C11H16FNO2. The van der Waals surface area contributed by atoms with Crippen molar-refractivity contribution in [1.29, 1.82) is 0 Å². The van der Waals surface area contributed by atoms with Crippen LogP contribution in [0.15, 0.2) is 18.2 Å². The van der Waals surface area contributed by atoms with Gasteiger partial charge in [0, 0.05) is 0 Å². The number of ether oxygens (including phenoxy) is 1. The van der Waals surface area contributed by atoms with Gasteiger partial charge in [0.15, 0.2) is 11.6 Å². The van der Waals surface area contributed by atoms with Crippen molar-refractivity contribution in [1.82, 2.24) is 0 Å². The maximum Gasteiger partial charge on any atom is 0.165 e. The molecule has 84 valence electrons. The van der Waals surface area contributed by atoms with Crippen molar-refractivity contribution in [3.05, 3.63) is 29.6 Å². The highest BCUT2D eigenvalue weighted by molar-refractivity contribution is 5.31. The Labute approximate surface area is 88.7 Å². The molecule has 0 aromatic heterocycles. The molecule has 2 unspecified atom stereocenters. The molecule has 0 radical (unpaired) electrons. The molecule has 0 saturated heterocycles. The first-order valence-electron chi connectivity index (χ1n) is 4.81. The molecule has 2 atom stereocenters. The van der Waals surface area contributed by atoms with Crippen molar-refractivity contribution in [3.63, 3.8) is 0 Å². The highest BCUT2D eigenvalue weighted by atomic mass is 19.1. The molecule has 0 bridgehead atoms. The molecule has 0 saturated carbocycles. The summed E-state index contributed by atoms with van der Waals surface area (Å²) >= 11 is 0. The van der Waals surface area contributed by atoms with Crippen LogP contribution in [0.25, 0.3) is 0 Å². The number of nitrogens with two attached hydrogens (primary N) is 1. The second-order valence-electron chi connectivity index (χ2n) is 3.55. The first-order valence-corrected chi connectivity index (χ1v) is 4.81. The molecule has 0 fully saturated rings. The Balaban J connectivity index is 2.95. The van der Waals surface area contributed by atoms with E-state index in [-0.39, 0.29) is 11.7 Å². The number of rotatable bonds is 4. The van der Waals surface area contributed by atoms with Gasteiger partial charge in [0.1, 0.15) is 0 Å². The van der Waals surface area contributed by atoms with Crippen molar-refractivity contribution >= 4 is 0 Å². The van der Waals surface area contributed by atoms with E-state index in [1.807, 2.05) is 6.92 Å². The second-order valence-corrected chi connectivity index (χ2v) is 3.55. The van der Waals surface area contributed by atoms with E-state index in [9.17, 15) is 9.50 Å². The third-order valence-corrected chi connectivity index (χ3v) is 2.43. The summed E-state index contributed by atoms with van der Waals surface area (Å²) in [6.07, 6.45) is -0.690. The summed E-state index contributed by atoms with van der Waals surface area (Å²) in [5, 5.41) is 9.84. The quantitative estimate of drug-likeness (QED) is 0.796. The normalized spacial score (nSPS) is 14.7. The summed E-state index contributed by atoms with van der Waals surface area (Å²) in [5.74, 6) is -0.371. The minimum Gasteiger partial charge on any atom is -0.494 e. The minimum atomic E-state index is -0.690. The van der Waals surface area contributed by atoms with Gasteiger partial charge in [0.2, 0.25) is 0 Å². The van der Waals surface area contributed by atoms with Crippen LogP contribution >= 0.6 is 0 Å². The molecule has 0 spiro atoms. The molecule has 0 aliphatic heterocycles. The fraction of sp³-hybridized carbons (Fsp3) is 0.455. The van der Waals surface area contributed by atoms with Gasteiger partial charge in [-0.25, -0.2) is 4.39 Å². The number of halogens is 1. The van der Waals surface area contributed by atoms with Gasteiger partial charge in [-0.2, -0.15) is 0 Å². The lowest BCUT2D eigenvalue weighted by atomic mass is 9.97. The van der Waals surface area contributed by atoms with Crippen LogP contribution in [0.1, 0.15) is 18.6 Å². The van der Waals surface area contributed by atoms with Crippen molar-refractivity contribution < 1.29 is 14.2 Å². The molecule has 4 heteroatoms. The number of hydrogen-bond acceptors (Lipinski definition) is 3. The first-order chi connectivity index (χ1) is 7.10. The summed E-state index contributed by atoms with van der Waals surface area (Å²) in [4.78, 5) is 0. The average molecular weight is 213 g/mol. The van der Waals surface area contributed by atoms with Gasteiger partial charge in [-0.3, -0.25) is 0 Å². The van der Waals surface area contributed by atoms with Gasteiger partial charge >= 0.3 is 0 Å². The van der Waals surface area contributed by atoms with Crippen molar-refractivity contribution in [3.8, 4) is 5.75 Å². The fourth-order valence-corrected chi connectivity index (χ4v) is 1.32. The molecule has 0 aliphatic rings. The van der Waals surface area contributed by atoms with Gasteiger partial charge in [0.05, 0.1) is 13.2 Å². The number of aliphatic hydroxyl groups excluding tert-OH is 1. The molecule has 1 aromatic rings. The van der Waals surface area contributed by atoms with Gasteiger partial charge in [-0.1, -0.05) is 13.0 Å². The maximum absolute atomic E-state index is 13.1. The van der Waals surface area contributed by atoms with Crippen LogP contribution in [0.3, 0.4) is 0 Å². The topological polar surface area (TPSA) is 55.5 Å². The van der Waals surface area contributed by atoms with Crippen LogP contribution in [0.5, 0.6) is 5.75 Å². The summed E-state index contributed by atoms with van der Waals surface area (Å²) < 4.78 is 17.9. The molecule has 0 heterocycles. The second kappa shape index (κ2) is 5.09. The van der Waals surface area contributed by atoms with Crippen molar-refractivity contribution in [2.45, 2.75) is 13.0 Å². The predicted octanol–water partition coefficient (Wildman–Crippen LogP) is 1.46. The maximum atomic E-state index is 13.1. The van der Waals surface area contributed by atoms with Gasteiger partial charge in [-0.05, 0) is 30.2 Å². The average Bonchev–Trinajstić information content (AvgIpc) is 2.27. The highest BCUT2D eigenvalue weighted by Crippen LogP contribution is 2.26. The van der Waals surface area contributed by atoms with Crippen LogP contribution in [0.2, 0.25) is 0 Å². The fourth-order valence-electron chi connectivity index (χ4n) is 1.32. The van der Waals surface area contributed by atoms with E-state index in [1.54, 1.807) is 0 Å². The van der Waals surface area contributed by atoms with Crippen molar-refractivity contribution in [2.75, 3.05) is 13.7 Å². The Bertz CT molecular complexity index is 330. The number of benzene rings is 1. The number of aliphatic hydroxyl groups is 1. The first kappa shape index (κ1) is 11.9. The minimum absolute atomic E-state index is 0.0693. The van der Waals surface area contributed by atoms with Gasteiger partial charge in [-0.15, -0.1) is 0 Å². The van der Waals surface area contributed by atoms with Gasteiger partial charge in [0.25, 0.3) is 0 Å². The number of hydrogen-bond donors (Lipinski definition) is 2. The van der Waals surface area contributed by atoms with E-state index in [1.165, 1.54) is 25.3 Å². The van der Waals surface area contributed by atoms with Crippen LogP contribution < -0.4 is 10.5 Å². The Morgan fingerprint density at radius 3 is 2.73 bits per heavy atom. The van der Waals surface area contributed by atoms with E-state index >= 15 is 0 Å². The summed E-state index contributed by atoms with van der Waals surface area (Å²) in [6, 6.07) is 4.31. The van der Waals surface area contributed by atoms with Gasteiger partial charge < -0.3 is 15.6 Å². The SMILES string of the molecule is COc1cc(C(O)C(C)CN)ccc1F. The third kappa shape index (κ3) is 2.67. The Hall–Kier alpha value is -1.13. The monoisotopic (exact) mass is 213 g/mol. The molecular weight excluding hydrogens is 197 g/mol. The zero-order chi connectivity index (χ0) is 11.4. The zero-order valence-corrected chi connectivity index (χ0v) is 8.90. The van der Waals surface area contributed by atoms with E-state index in [4.69, 9.17) is 10.5 Å². The molecule has 3 nitrogen and oxygen atoms in total. The Morgan fingerprint density at radius 2 is 2.20 bits per heavy atom. The highest BCUT2D eigenvalue weighted by Gasteiger charge is 2.16. The van der Waals surface area contributed by atoms with Crippen LogP contribution in [-0.4, -0.2) is 18.8 Å². The predicted molar refractivity (Wildman–Crippen MR) is 56.1 cm³/mol. The lowest BCUT2D eigenvalue weighted by Gasteiger charge is -2.18. The lowest BCUT2D eigenvalue weighted by molar-refractivity contribution is 0.121. The van der Waals surface area contributed by atoms with E-state index in [2.05, 4.69) is 0 Å². The molecule has 3 N–H and O–H groups in total. The molecule has 1 aromatic carbocycles. The number of methoxy groups -OCH3 is 1. The zero-order valence-electron chi connectivity index (χ0n) is 8.90. The van der Waals surface area contributed by atoms with E-state index in [0.717, 1.165) is 0 Å². The largest absolute Gasteiger partial charge is 0.494 e. The Kier molecular flexibility index (Phi) is 4.05. The van der Waals surface area contributed by atoms with E-state index in [0.29, 0.717) is 12.1 Å². The summed E-state index contributed by atoms with van der Waals surface area (Å²) in [6.45, 7) is 2.21. The smallest absolute Gasteiger partial charge is 0.165 e. The summed E-state index contributed by atoms with van der Waals surface area (Å²) in [7, 11) is 1.39. The third-order valence-electron chi connectivity index (χ3n) is 2.43. The summed E-state index contributed by atoms with van der Waals surface area (Å²) in [5.41, 5.74) is 6.06. The van der Waals surface area contributed by atoms with Crippen LogP contribution in [0.4, 0.5) is 4.39 Å². The molecule has 0 aliphatic carbocycles. The standard InChI is InChI=1S/C11H16FNO2/c1-7(6-13)11(14)8-3-4-9(12)10(5-8)15-2/h3-5,7,11,14H,6,13H2,1-2H3. The lowest BCUT2D eigenvalue weighted by Crippen LogP contribution is -2.18. The van der Waals surface area contributed by atoms with Crippen LogP contribution in [-0.2, 0) is 0 Å². The van der Waals surface area contributed by atoms with Crippen LogP contribution in [0, 0.1) is 11.7 Å². The Morgan fingerprint density at radius 1 is 1.53 bits per heavy atom.